The van der Waals surface area contributed by atoms with E-state index in [1.807, 2.05) is 32.1 Å². The highest BCUT2D eigenvalue weighted by Gasteiger charge is 2.60. The molecule has 1 spiro atoms. The zero-order valence-electron chi connectivity index (χ0n) is 26.6. The van der Waals surface area contributed by atoms with Crippen molar-refractivity contribution in [3.63, 3.8) is 0 Å². The van der Waals surface area contributed by atoms with Gasteiger partial charge < -0.3 is 34.3 Å². The first-order valence-corrected chi connectivity index (χ1v) is 16.7. The van der Waals surface area contributed by atoms with Crippen LogP contribution in [0.5, 0.6) is 0 Å². The van der Waals surface area contributed by atoms with E-state index in [-0.39, 0.29) is 30.7 Å². The first-order valence-electron chi connectivity index (χ1n) is 16.7. The topological polar surface area (TPSA) is 115 Å². The van der Waals surface area contributed by atoms with Gasteiger partial charge in [-0.15, -0.1) is 0 Å². The van der Waals surface area contributed by atoms with E-state index < -0.39 is 47.7 Å². The minimum absolute atomic E-state index is 0.0233. The van der Waals surface area contributed by atoms with Crippen LogP contribution in [0.1, 0.15) is 79.1 Å². The summed E-state index contributed by atoms with van der Waals surface area (Å²) in [5.74, 6) is -2.11. The van der Waals surface area contributed by atoms with Crippen molar-refractivity contribution in [3.8, 4) is 0 Å². The maximum Gasteiger partial charge on any atom is 0.316 e. The fourth-order valence-electron chi connectivity index (χ4n) is 8.28. The van der Waals surface area contributed by atoms with Crippen LogP contribution in [0.15, 0.2) is 59.3 Å². The van der Waals surface area contributed by atoms with E-state index in [1.165, 1.54) is 19.3 Å². The van der Waals surface area contributed by atoms with E-state index in [2.05, 4.69) is 13.0 Å². The molecule has 0 radical (unpaired) electrons. The summed E-state index contributed by atoms with van der Waals surface area (Å²) in [5, 5.41) is 34.2. The molecule has 4 aliphatic heterocycles. The van der Waals surface area contributed by atoms with Gasteiger partial charge in [0.05, 0.1) is 24.9 Å². The largest absolute Gasteiger partial charge is 0.462 e. The van der Waals surface area contributed by atoms with Gasteiger partial charge in [-0.1, -0.05) is 69.6 Å². The second-order valence-corrected chi connectivity index (χ2v) is 14.2. The maximum atomic E-state index is 14.0. The zero-order chi connectivity index (χ0) is 31.2. The molecule has 11 atom stereocenters. The number of aliphatic hydroxyl groups is 3. The lowest BCUT2D eigenvalue weighted by atomic mass is 9.71. The molecule has 8 heteroatoms. The molecule has 8 nitrogen and oxygen atoms in total. The van der Waals surface area contributed by atoms with Crippen molar-refractivity contribution in [3.05, 3.63) is 59.3 Å². The summed E-state index contributed by atoms with van der Waals surface area (Å²) in [6.45, 7) is 7.88. The number of hydrogen-bond donors (Lipinski definition) is 3. The third-order valence-corrected chi connectivity index (χ3v) is 11.0. The van der Waals surface area contributed by atoms with Crippen LogP contribution < -0.4 is 0 Å². The van der Waals surface area contributed by atoms with Gasteiger partial charge in [-0.2, -0.15) is 0 Å². The average molecular weight is 611 g/mol. The molecule has 0 aromatic carbocycles. The molecule has 3 N–H and O–H groups in total. The van der Waals surface area contributed by atoms with E-state index in [9.17, 15) is 20.1 Å². The maximum absolute atomic E-state index is 14.0. The first-order chi connectivity index (χ1) is 21.0. The van der Waals surface area contributed by atoms with Crippen molar-refractivity contribution in [2.75, 3.05) is 6.61 Å². The Hall–Kier alpha value is -2.07. The summed E-state index contributed by atoms with van der Waals surface area (Å²) >= 11 is 0. The molecule has 6 rings (SSSR count). The van der Waals surface area contributed by atoms with Crippen LogP contribution in [0, 0.1) is 23.7 Å². The summed E-state index contributed by atoms with van der Waals surface area (Å²) in [5.41, 5.74) is 0.134. The lowest BCUT2D eigenvalue weighted by molar-refractivity contribution is -0.301. The number of hydrogen-bond acceptors (Lipinski definition) is 8. The Morgan fingerprint density at radius 1 is 0.932 bits per heavy atom. The van der Waals surface area contributed by atoms with E-state index in [0.29, 0.717) is 36.3 Å². The number of allylic oxidation sites excluding steroid dienone is 2. The van der Waals surface area contributed by atoms with Gasteiger partial charge in [0.15, 0.2) is 5.79 Å². The molecule has 0 amide bonds. The van der Waals surface area contributed by atoms with Gasteiger partial charge in [0, 0.05) is 24.7 Å². The Labute approximate surface area is 261 Å². The van der Waals surface area contributed by atoms with Crippen LogP contribution >= 0.6 is 0 Å². The van der Waals surface area contributed by atoms with Gasteiger partial charge in [0.25, 0.3) is 0 Å². The molecule has 44 heavy (non-hydrogen) atoms. The van der Waals surface area contributed by atoms with Crippen LogP contribution in [0.4, 0.5) is 0 Å². The van der Waals surface area contributed by atoms with Crippen molar-refractivity contribution in [1.29, 1.82) is 0 Å². The molecule has 242 valence electrons. The Morgan fingerprint density at radius 3 is 2.48 bits per heavy atom. The minimum Gasteiger partial charge on any atom is -0.462 e. The Bertz CT molecular complexity index is 1240. The fourth-order valence-corrected chi connectivity index (χ4v) is 8.28. The molecule has 1 saturated carbocycles. The fraction of sp³-hybridized carbons (Fsp3) is 0.694. The van der Waals surface area contributed by atoms with E-state index in [1.54, 1.807) is 25.2 Å². The van der Waals surface area contributed by atoms with Gasteiger partial charge in [0.2, 0.25) is 0 Å². The molecule has 6 aliphatic rings. The third-order valence-electron chi connectivity index (χ3n) is 11.0. The van der Waals surface area contributed by atoms with Crippen LogP contribution in [-0.4, -0.2) is 75.9 Å². The predicted molar refractivity (Wildman–Crippen MR) is 165 cm³/mol. The number of ether oxygens (including phenoxy) is 4. The quantitative estimate of drug-likeness (QED) is 0.286. The normalized spacial score (nSPS) is 45.3. The highest BCUT2D eigenvalue weighted by atomic mass is 16.7. The second kappa shape index (κ2) is 12.6. The van der Waals surface area contributed by atoms with Gasteiger partial charge in [-0.3, -0.25) is 4.79 Å². The van der Waals surface area contributed by atoms with Gasteiger partial charge in [0.1, 0.15) is 29.8 Å². The Morgan fingerprint density at radius 2 is 1.70 bits per heavy atom. The number of rotatable bonds is 1. The van der Waals surface area contributed by atoms with E-state index in [4.69, 9.17) is 18.9 Å². The minimum atomic E-state index is -1.76. The number of carbonyl (C=O) groups is 1. The smallest absolute Gasteiger partial charge is 0.316 e. The number of esters is 1. The van der Waals surface area contributed by atoms with Gasteiger partial charge >= 0.3 is 5.97 Å². The number of fused-ring (bicyclic) bond motifs is 2. The van der Waals surface area contributed by atoms with Crippen molar-refractivity contribution in [2.45, 2.75) is 127 Å². The highest BCUT2D eigenvalue weighted by molar-refractivity contribution is 5.78. The van der Waals surface area contributed by atoms with Crippen molar-refractivity contribution < 1.29 is 39.1 Å². The van der Waals surface area contributed by atoms with Crippen molar-refractivity contribution >= 4 is 5.97 Å². The Kier molecular flexibility index (Phi) is 9.14. The molecule has 0 aromatic rings. The molecule has 2 aliphatic carbocycles. The van der Waals surface area contributed by atoms with Crippen molar-refractivity contribution in [2.24, 2.45) is 23.7 Å². The molecule has 2 bridgehead atoms. The Balaban J connectivity index is 1.36. The third kappa shape index (κ3) is 5.94. The number of aliphatic hydroxyl groups excluding tert-OH is 2. The summed E-state index contributed by atoms with van der Waals surface area (Å²) in [7, 11) is 0. The lowest BCUT2D eigenvalue weighted by Gasteiger charge is -2.49. The molecular weight excluding hydrogens is 560 g/mol. The van der Waals surface area contributed by atoms with Crippen LogP contribution in [0.25, 0.3) is 0 Å². The molecule has 0 unspecified atom stereocenters. The average Bonchev–Trinajstić information content (AvgIpc) is 3.35. The van der Waals surface area contributed by atoms with Crippen LogP contribution in [0.3, 0.4) is 0 Å². The molecular formula is C36H50O8. The van der Waals surface area contributed by atoms with Crippen LogP contribution in [0.2, 0.25) is 0 Å². The standard InChI is InChI=1S/C36H50O8/c1-21-9-8-12-26-20-41-33-31(38)24(4)17-29(36(26,33)40)34(39)42-28-18-27(14-13-22(2)30(21)37)43-35(19-28)16-15-23(3)32(44-35)25-10-6-5-7-11-25/h8-9,12-13,15-17,21,23,25,27-33,37-38,40H,5-7,10-11,14,18-20H2,1-4H3/t21-,23-,27+,28-,29-,30-,31+,32-,33+,35+,36+/m0/s1. The first kappa shape index (κ1) is 31.9. The van der Waals surface area contributed by atoms with Gasteiger partial charge in [-0.05, 0) is 61.8 Å². The van der Waals surface area contributed by atoms with Gasteiger partial charge in [-0.25, -0.2) is 0 Å². The number of carbonyl (C=O) groups excluding carboxylic acids is 1. The highest BCUT2D eigenvalue weighted by Crippen LogP contribution is 2.47. The molecule has 4 heterocycles. The molecule has 3 fully saturated rings. The summed E-state index contributed by atoms with van der Waals surface area (Å²) < 4.78 is 25.8. The second-order valence-electron chi connectivity index (χ2n) is 14.2. The SMILES string of the molecule is CC1=C[C@H]2C(=O)O[C@H]3C[C@@H](CC=C(C)[C@@H](O)[C@@H](C)C=CC=C4CO[C@H]([C@@H]1O)[C@@]42O)O[C@@]1(C=C[C@H](C)[C@@H](C2CCCCC2)O1)C3. The summed E-state index contributed by atoms with van der Waals surface area (Å²) in [4.78, 5) is 14.0. The molecule has 0 aromatic heterocycles. The van der Waals surface area contributed by atoms with E-state index in [0.717, 1.165) is 18.4 Å². The summed E-state index contributed by atoms with van der Waals surface area (Å²) in [6, 6.07) is 0. The van der Waals surface area contributed by atoms with Crippen LogP contribution in [-0.2, 0) is 23.7 Å². The zero-order valence-corrected chi connectivity index (χ0v) is 26.6. The van der Waals surface area contributed by atoms with E-state index >= 15 is 0 Å². The lowest BCUT2D eigenvalue weighted by Crippen LogP contribution is -2.58. The summed E-state index contributed by atoms with van der Waals surface area (Å²) in [6.07, 6.45) is 17.0. The monoisotopic (exact) mass is 610 g/mol. The van der Waals surface area contributed by atoms with Crippen molar-refractivity contribution in [1.82, 2.24) is 0 Å². The molecule has 2 saturated heterocycles. The predicted octanol–water partition coefficient (Wildman–Crippen LogP) is 4.84.